The summed E-state index contributed by atoms with van der Waals surface area (Å²) in [5.74, 6) is 0.630. The number of H-pyrrole nitrogens is 1. The van der Waals surface area contributed by atoms with E-state index in [0.717, 1.165) is 13.1 Å². The summed E-state index contributed by atoms with van der Waals surface area (Å²) in [4.78, 5) is 9.16. The average molecular weight is 270 g/mol. The first kappa shape index (κ1) is 12.1. The second-order valence-electron chi connectivity index (χ2n) is 5.00. The quantitative estimate of drug-likeness (QED) is 0.851. The summed E-state index contributed by atoms with van der Waals surface area (Å²) in [5.41, 5.74) is 0. The monoisotopic (exact) mass is 270 g/mol. The minimum atomic E-state index is -3.38. The van der Waals surface area contributed by atoms with Crippen LogP contribution in [-0.4, -0.2) is 59.8 Å². The summed E-state index contributed by atoms with van der Waals surface area (Å²) in [6.07, 6.45) is 3.94. The van der Waals surface area contributed by atoms with Crippen molar-refractivity contribution in [3.63, 3.8) is 0 Å². The van der Waals surface area contributed by atoms with Crippen LogP contribution in [0.3, 0.4) is 0 Å². The van der Waals surface area contributed by atoms with E-state index >= 15 is 0 Å². The molecule has 1 aliphatic heterocycles. The van der Waals surface area contributed by atoms with Gasteiger partial charge in [-0.25, -0.2) is 13.4 Å². The van der Waals surface area contributed by atoms with Gasteiger partial charge in [-0.2, -0.15) is 4.31 Å². The third-order valence-electron chi connectivity index (χ3n) is 3.63. The molecule has 3 rings (SSSR count). The van der Waals surface area contributed by atoms with Crippen molar-refractivity contribution in [2.45, 2.75) is 30.8 Å². The van der Waals surface area contributed by atoms with Crippen LogP contribution in [0.15, 0.2) is 11.2 Å². The molecule has 100 valence electrons. The normalized spacial score (nSPS) is 23.4. The lowest BCUT2D eigenvalue weighted by molar-refractivity contribution is 0.180. The molecular weight excluding hydrogens is 252 g/mol. The van der Waals surface area contributed by atoms with Gasteiger partial charge in [0.25, 0.3) is 10.0 Å². The van der Waals surface area contributed by atoms with Gasteiger partial charge in [0.1, 0.15) is 5.82 Å². The van der Waals surface area contributed by atoms with Crippen LogP contribution >= 0.6 is 0 Å². The molecule has 2 heterocycles. The Bertz CT molecular complexity index is 527. The van der Waals surface area contributed by atoms with Crippen LogP contribution < -0.4 is 0 Å². The van der Waals surface area contributed by atoms with Crippen molar-refractivity contribution < 1.29 is 8.42 Å². The number of nitrogens with zero attached hydrogens (tertiary/aromatic N) is 3. The molecule has 0 radical (unpaired) electrons. The number of hydrogen-bond acceptors (Lipinski definition) is 4. The number of aromatic nitrogens is 2. The zero-order valence-electron chi connectivity index (χ0n) is 10.5. The lowest BCUT2D eigenvalue weighted by atomic mass is 10.3. The van der Waals surface area contributed by atoms with Crippen LogP contribution in [0.25, 0.3) is 0 Å². The molecule has 0 atom stereocenters. The Morgan fingerprint density at radius 1 is 1.28 bits per heavy atom. The molecule has 0 unspecified atom stereocenters. The zero-order valence-corrected chi connectivity index (χ0v) is 11.3. The van der Waals surface area contributed by atoms with E-state index in [-0.39, 0.29) is 5.03 Å². The minimum Gasteiger partial charge on any atom is -0.332 e. The Balaban J connectivity index is 1.71. The Labute approximate surface area is 107 Å². The Kier molecular flexibility index (Phi) is 2.91. The molecular formula is C11H18N4O2S. The van der Waals surface area contributed by atoms with Crippen molar-refractivity contribution in [3.05, 3.63) is 12.0 Å². The molecule has 18 heavy (non-hydrogen) atoms. The number of imidazole rings is 1. The minimum absolute atomic E-state index is 0.208. The van der Waals surface area contributed by atoms with Gasteiger partial charge in [0.2, 0.25) is 0 Å². The molecule has 0 amide bonds. The van der Waals surface area contributed by atoms with Crippen LogP contribution in [-0.2, 0) is 10.0 Å². The summed E-state index contributed by atoms with van der Waals surface area (Å²) < 4.78 is 26.2. The summed E-state index contributed by atoms with van der Waals surface area (Å²) in [6.45, 7) is 4.60. The molecule has 0 spiro atoms. The summed E-state index contributed by atoms with van der Waals surface area (Å²) >= 11 is 0. The second kappa shape index (κ2) is 4.32. The van der Waals surface area contributed by atoms with Crippen molar-refractivity contribution in [2.24, 2.45) is 0 Å². The highest BCUT2D eigenvalue weighted by molar-refractivity contribution is 7.89. The van der Waals surface area contributed by atoms with Crippen LogP contribution in [0.4, 0.5) is 0 Å². The number of sulfonamides is 1. The topological polar surface area (TPSA) is 69.3 Å². The van der Waals surface area contributed by atoms with Crippen LogP contribution in [0.5, 0.6) is 0 Å². The predicted octanol–water partition coefficient (Wildman–Crippen LogP) is 0.187. The smallest absolute Gasteiger partial charge is 0.260 e. The van der Waals surface area contributed by atoms with E-state index in [1.54, 1.807) is 11.2 Å². The maximum Gasteiger partial charge on any atom is 0.260 e. The van der Waals surface area contributed by atoms with E-state index < -0.39 is 10.0 Å². The average Bonchev–Trinajstić information content (AvgIpc) is 3.11. The Morgan fingerprint density at radius 2 is 1.94 bits per heavy atom. The van der Waals surface area contributed by atoms with Gasteiger partial charge in [0, 0.05) is 32.2 Å². The van der Waals surface area contributed by atoms with Crippen molar-refractivity contribution in [1.29, 1.82) is 0 Å². The van der Waals surface area contributed by atoms with Gasteiger partial charge in [-0.05, 0) is 19.8 Å². The third-order valence-corrected chi connectivity index (χ3v) is 5.44. The van der Waals surface area contributed by atoms with Crippen molar-refractivity contribution >= 4 is 10.0 Å². The SMILES string of the molecule is Cc1ncc(S(=O)(=O)N2CCN(C3CC3)CC2)[nH]1. The summed E-state index contributed by atoms with van der Waals surface area (Å²) in [7, 11) is -3.38. The van der Waals surface area contributed by atoms with E-state index in [1.807, 2.05) is 0 Å². The van der Waals surface area contributed by atoms with Crippen LogP contribution in [0, 0.1) is 6.92 Å². The number of rotatable bonds is 3. The second-order valence-corrected chi connectivity index (χ2v) is 6.91. The first-order valence-electron chi connectivity index (χ1n) is 6.33. The molecule has 1 aromatic rings. The summed E-state index contributed by atoms with van der Waals surface area (Å²) in [6, 6.07) is 0.712. The number of aryl methyl sites for hydroxylation is 1. The maximum absolute atomic E-state index is 12.3. The lowest BCUT2D eigenvalue weighted by Crippen LogP contribution is -2.49. The third kappa shape index (κ3) is 2.17. The predicted molar refractivity (Wildman–Crippen MR) is 66.7 cm³/mol. The molecule has 1 N–H and O–H groups in total. The van der Waals surface area contributed by atoms with Crippen molar-refractivity contribution in [2.75, 3.05) is 26.2 Å². The highest BCUT2D eigenvalue weighted by atomic mass is 32.2. The first-order chi connectivity index (χ1) is 8.57. The Hall–Kier alpha value is -0.920. The molecule has 1 saturated carbocycles. The number of aromatic amines is 1. The van der Waals surface area contributed by atoms with E-state index in [0.29, 0.717) is 25.0 Å². The van der Waals surface area contributed by atoms with Gasteiger partial charge in [0.15, 0.2) is 5.03 Å². The molecule has 1 saturated heterocycles. The van der Waals surface area contributed by atoms with Gasteiger partial charge < -0.3 is 4.98 Å². The van der Waals surface area contributed by atoms with Crippen molar-refractivity contribution in [3.8, 4) is 0 Å². The van der Waals surface area contributed by atoms with Gasteiger partial charge in [-0.3, -0.25) is 4.90 Å². The van der Waals surface area contributed by atoms with E-state index in [4.69, 9.17) is 0 Å². The Morgan fingerprint density at radius 3 is 2.44 bits per heavy atom. The lowest BCUT2D eigenvalue weighted by Gasteiger charge is -2.33. The molecule has 1 aliphatic carbocycles. The van der Waals surface area contributed by atoms with Gasteiger partial charge in [0.05, 0.1) is 6.20 Å². The summed E-state index contributed by atoms with van der Waals surface area (Å²) in [5, 5.41) is 0.208. The molecule has 7 heteroatoms. The highest BCUT2D eigenvalue weighted by Gasteiger charge is 2.35. The standard InChI is InChI=1S/C11H18N4O2S/c1-9-12-8-11(13-9)18(16,17)15-6-4-14(5-7-15)10-2-3-10/h8,10H,2-7H2,1H3,(H,12,13). The fourth-order valence-electron chi connectivity index (χ4n) is 2.42. The molecule has 6 nitrogen and oxygen atoms in total. The maximum atomic E-state index is 12.3. The van der Waals surface area contributed by atoms with Gasteiger partial charge in [-0.1, -0.05) is 0 Å². The fraction of sp³-hybridized carbons (Fsp3) is 0.727. The molecule has 1 aromatic heterocycles. The van der Waals surface area contributed by atoms with E-state index in [9.17, 15) is 8.42 Å². The molecule has 0 aromatic carbocycles. The number of hydrogen-bond donors (Lipinski definition) is 1. The zero-order chi connectivity index (χ0) is 12.8. The highest BCUT2D eigenvalue weighted by Crippen LogP contribution is 2.28. The van der Waals surface area contributed by atoms with Gasteiger partial charge in [-0.15, -0.1) is 0 Å². The van der Waals surface area contributed by atoms with E-state index in [1.165, 1.54) is 19.0 Å². The van der Waals surface area contributed by atoms with Crippen LogP contribution in [0.2, 0.25) is 0 Å². The number of nitrogens with one attached hydrogen (secondary N) is 1. The van der Waals surface area contributed by atoms with E-state index in [2.05, 4.69) is 14.9 Å². The largest absolute Gasteiger partial charge is 0.332 e. The fourth-order valence-corrected chi connectivity index (χ4v) is 3.80. The van der Waals surface area contributed by atoms with Gasteiger partial charge >= 0.3 is 0 Å². The first-order valence-corrected chi connectivity index (χ1v) is 7.77. The molecule has 2 aliphatic rings. The molecule has 2 fully saturated rings. The van der Waals surface area contributed by atoms with Crippen molar-refractivity contribution in [1.82, 2.24) is 19.2 Å². The number of piperazine rings is 1. The van der Waals surface area contributed by atoms with Crippen LogP contribution in [0.1, 0.15) is 18.7 Å². The molecule has 0 bridgehead atoms.